The van der Waals surface area contributed by atoms with Crippen LogP contribution < -0.4 is 5.73 Å². The first kappa shape index (κ1) is 19.6. The number of ether oxygens (including phenoxy) is 1. The second kappa shape index (κ2) is 13.0. The normalized spacial score (nSPS) is 8.50. The number of rotatable bonds is 6. The zero-order valence-electron chi connectivity index (χ0n) is 8.66. The number of nitrogens with two attached hydrogens (primary N) is 1. The number of carbonyl (C=O) groups excluding carboxylic acids is 1. The van der Waals surface area contributed by atoms with Crippen LogP contribution >= 0.6 is 0 Å². The molecule has 0 fully saturated rings. The third kappa shape index (κ3) is 10.1. The molecule has 4 N–H and O–H groups in total. The van der Waals surface area contributed by atoms with Gasteiger partial charge in [0.2, 0.25) is 0 Å². The zero-order valence-corrected chi connectivity index (χ0v) is 11.6. The Morgan fingerprint density at radius 2 is 2.07 bits per heavy atom. The van der Waals surface area contributed by atoms with Crippen LogP contribution in [0.1, 0.15) is 13.3 Å². The van der Waals surface area contributed by atoms with Crippen LogP contribution in [0.15, 0.2) is 0 Å². The summed E-state index contributed by atoms with van der Waals surface area (Å²) in [6.07, 6.45) is 0.418. The third-order valence-electron chi connectivity index (χ3n) is 1.50. The van der Waals surface area contributed by atoms with Crippen molar-refractivity contribution < 1.29 is 36.1 Å². The minimum Gasteiger partial charge on any atom is -0.495 e. The van der Waals surface area contributed by atoms with E-state index in [2.05, 4.69) is 0 Å². The van der Waals surface area contributed by atoms with Gasteiger partial charge < -0.3 is 20.8 Å². The summed E-state index contributed by atoms with van der Waals surface area (Å²) >= 11 is 0. The van der Waals surface area contributed by atoms with Crippen LogP contribution in [0.4, 0.5) is 0 Å². The average Bonchev–Trinajstić information content (AvgIpc) is 2.10. The summed E-state index contributed by atoms with van der Waals surface area (Å²) in [6, 6.07) is 0. The topological polar surface area (TPSA) is 87.1 Å². The van der Waals surface area contributed by atoms with Crippen LogP contribution in [-0.4, -0.2) is 43.1 Å². The van der Waals surface area contributed by atoms with Crippen molar-refractivity contribution in [2.75, 3.05) is 26.8 Å². The van der Waals surface area contributed by atoms with Gasteiger partial charge in [-0.25, -0.2) is 6.54 Å². The maximum absolute atomic E-state index is 11.1. The SMILES string of the molecule is C[CH-]N(C)C(=O)CCOCCN.O.[W]. The van der Waals surface area contributed by atoms with E-state index >= 15 is 0 Å². The van der Waals surface area contributed by atoms with Gasteiger partial charge in [0.15, 0.2) is 5.91 Å². The van der Waals surface area contributed by atoms with Crippen molar-refractivity contribution in [1.82, 2.24) is 4.90 Å². The van der Waals surface area contributed by atoms with Gasteiger partial charge >= 0.3 is 0 Å². The second-order valence-electron chi connectivity index (χ2n) is 2.41. The van der Waals surface area contributed by atoms with E-state index in [-0.39, 0.29) is 32.4 Å². The molecule has 1 amide bonds. The van der Waals surface area contributed by atoms with Gasteiger partial charge in [-0.3, -0.25) is 4.79 Å². The number of amides is 1. The molecule has 0 heterocycles. The Labute approximate surface area is 99.5 Å². The summed E-state index contributed by atoms with van der Waals surface area (Å²) in [5.74, 6) is 0.0644. The number of hydrogen-bond donors (Lipinski definition) is 1. The van der Waals surface area contributed by atoms with Crippen molar-refractivity contribution in [2.24, 2.45) is 5.73 Å². The molecule has 0 rings (SSSR count). The minimum absolute atomic E-state index is 0. The van der Waals surface area contributed by atoms with E-state index in [4.69, 9.17) is 10.5 Å². The molecule has 0 aliphatic rings. The first-order valence-corrected chi connectivity index (χ1v) is 4.05. The first-order chi connectivity index (χ1) is 5.72. The minimum atomic E-state index is 0. The van der Waals surface area contributed by atoms with E-state index in [1.807, 2.05) is 6.92 Å². The second-order valence-corrected chi connectivity index (χ2v) is 2.41. The number of nitrogens with zero attached hydrogens (tertiary/aromatic N) is 1. The van der Waals surface area contributed by atoms with Crippen molar-refractivity contribution in [3.8, 4) is 0 Å². The van der Waals surface area contributed by atoms with Gasteiger partial charge in [0.25, 0.3) is 0 Å². The monoisotopic (exact) mass is 375 g/mol. The Bertz CT molecular complexity index is 136. The molecule has 86 valence electrons. The standard InChI is InChI=1S/C8H17N2O2.H2O.W/c1-3-10(2)8(11)4-6-12-7-5-9;;/h3H,4-7,9H2,1-2H3;1H2;/q-1;;. The molecule has 0 saturated carbocycles. The van der Waals surface area contributed by atoms with Crippen molar-refractivity contribution in [1.29, 1.82) is 0 Å². The Morgan fingerprint density at radius 3 is 2.50 bits per heavy atom. The van der Waals surface area contributed by atoms with Crippen LogP contribution in [0.25, 0.3) is 0 Å². The van der Waals surface area contributed by atoms with E-state index in [0.29, 0.717) is 26.2 Å². The maximum atomic E-state index is 11.1. The summed E-state index contributed by atoms with van der Waals surface area (Å²) < 4.78 is 5.06. The molecule has 0 aliphatic heterocycles. The first-order valence-electron chi connectivity index (χ1n) is 4.05. The largest absolute Gasteiger partial charge is 0.495 e. The fraction of sp³-hybridized carbons (Fsp3) is 0.750. The predicted octanol–water partition coefficient (Wildman–Crippen LogP) is -0.835. The molecule has 0 radical (unpaired) electrons. The zero-order chi connectivity index (χ0) is 9.40. The molecule has 0 aromatic heterocycles. The van der Waals surface area contributed by atoms with Crippen LogP contribution in [0.2, 0.25) is 0 Å². The quantitative estimate of drug-likeness (QED) is 0.486. The molecule has 14 heavy (non-hydrogen) atoms. The Hall–Kier alpha value is 0.0383. The summed E-state index contributed by atoms with van der Waals surface area (Å²) in [4.78, 5) is 12.7. The fourth-order valence-electron chi connectivity index (χ4n) is 0.665. The molecule has 6 heteroatoms. The van der Waals surface area contributed by atoms with Crippen molar-refractivity contribution in [3.63, 3.8) is 0 Å². The van der Waals surface area contributed by atoms with Crippen LogP contribution in [0, 0.1) is 6.54 Å². The number of carbonyl (C=O) groups is 1. The molecule has 0 bridgehead atoms. The molecule has 0 saturated heterocycles. The van der Waals surface area contributed by atoms with Gasteiger partial charge in [-0.2, -0.15) is 6.92 Å². The van der Waals surface area contributed by atoms with Crippen molar-refractivity contribution in [2.45, 2.75) is 13.3 Å². The Morgan fingerprint density at radius 1 is 1.50 bits per heavy atom. The molecular formula is C8H19N2O3W-. The van der Waals surface area contributed by atoms with Gasteiger partial charge in [0.1, 0.15) is 0 Å². The van der Waals surface area contributed by atoms with E-state index in [9.17, 15) is 4.79 Å². The Kier molecular flexibility index (Phi) is 18.2. The van der Waals surface area contributed by atoms with Crippen molar-refractivity contribution >= 4 is 5.91 Å². The summed E-state index contributed by atoms with van der Waals surface area (Å²) in [5.41, 5.74) is 5.20. The molecule has 0 atom stereocenters. The smallest absolute Gasteiger partial charge is 0.195 e. The Balaban J connectivity index is -0.000000605. The van der Waals surface area contributed by atoms with Crippen LogP contribution in [0.5, 0.6) is 0 Å². The van der Waals surface area contributed by atoms with Crippen LogP contribution in [-0.2, 0) is 30.6 Å². The number of hydrogen-bond acceptors (Lipinski definition) is 3. The molecule has 0 unspecified atom stereocenters. The van der Waals surface area contributed by atoms with E-state index in [1.165, 1.54) is 0 Å². The molecule has 5 nitrogen and oxygen atoms in total. The summed E-state index contributed by atoms with van der Waals surface area (Å²) in [6.45, 7) is 5.02. The van der Waals surface area contributed by atoms with Crippen molar-refractivity contribution in [3.05, 3.63) is 6.54 Å². The van der Waals surface area contributed by atoms with Gasteiger partial charge in [0, 0.05) is 34.0 Å². The summed E-state index contributed by atoms with van der Waals surface area (Å²) in [7, 11) is 1.73. The fourth-order valence-corrected chi connectivity index (χ4v) is 0.665. The maximum Gasteiger partial charge on any atom is 0.195 e. The van der Waals surface area contributed by atoms with E-state index < -0.39 is 0 Å². The van der Waals surface area contributed by atoms with Gasteiger partial charge in [-0.15, -0.1) is 0 Å². The predicted molar refractivity (Wildman–Crippen MR) is 50.8 cm³/mol. The van der Waals surface area contributed by atoms with Gasteiger partial charge in [0.05, 0.1) is 13.2 Å². The molecule has 0 aromatic carbocycles. The molecule has 0 aromatic rings. The molecule has 0 aliphatic carbocycles. The van der Waals surface area contributed by atoms with Crippen LogP contribution in [0.3, 0.4) is 0 Å². The molecule has 0 spiro atoms. The summed E-state index contributed by atoms with van der Waals surface area (Å²) in [5, 5.41) is 0. The van der Waals surface area contributed by atoms with E-state index in [1.54, 1.807) is 18.5 Å². The average molecular weight is 375 g/mol. The molecular weight excluding hydrogens is 356 g/mol. The van der Waals surface area contributed by atoms with Gasteiger partial charge in [-0.05, 0) is 7.05 Å². The van der Waals surface area contributed by atoms with Gasteiger partial charge in [-0.1, -0.05) is 0 Å². The van der Waals surface area contributed by atoms with E-state index in [0.717, 1.165) is 0 Å². The third-order valence-corrected chi connectivity index (χ3v) is 1.50.